The van der Waals surface area contributed by atoms with Crippen molar-refractivity contribution in [1.82, 2.24) is 10.2 Å². The number of nitrogens with zero attached hydrogens (tertiary/aromatic N) is 1. The summed E-state index contributed by atoms with van der Waals surface area (Å²) >= 11 is 0. The van der Waals surface area contributed by atoms with Crippen molar-refractivity contribution in [2.75, 3.05) is 7.11 Å². The number of hydrogen-bond acceptors (Lipinski definition) is 5. The summed E-state index contributed by atoms with van der Waals surface area (Å²) in [6.07, 6.45) is 0.00998. The molecule has 3 aromatic carbocycles. The highest BCUT2D eigenvalue weighted by atomic mass is 16.5. The highest BCUT2D eigenvalue weighted by Crippen LogP contribution is 2.27. The number of benzene rings is 3. The maximum absolute atomic E-state index is 13.0. The van der Waals surface area contributed by atoms with Gasteiger partial charge in [0, 0.05) is 12.1 Å². The van der Waals surface area contributed by atoms with E-state index in [1.165, 1.54) is 12.0 Å². The summed E-state index contributed by atoms with van der Waals surface area (Å²) in [4.78, 5) is 39.7. The van der Waals surface area contributed by atoms with Gasteiger partial charge in [-0.25, -0.2) is 0 Å². The van der Waals surface area contributed by atoms with Crippen molar-refractivity contribution in [3.63, 3.8) is 0 Å². The van der Waals surface area contributed by atoms with Gasteiger partial charge in [-0.15, -0.1) is 0 Å². The number of rotatable bonds is 8. The third kappa shape index (κ3) is 4.64. The first kappa shape index (κ1) is 23.0. The molecule has 0 saturated heterocycles. The van der Waals surface area contributed by atoms with E-state index in [2.05, 4.69) is 5.32 Å². The number of amides is 3. The Morgan fingerprint density at radius 3 is 2.21 bits per heavy atom. The molecular weight excluding hydrogens is 432 g/mol. The van der Waals surface area contributed by atoms with E-state index >= 15 is 0 Å². The maximum atomic E-state index is 13.0. The number of fused-ring (bicyclic) bond motifs is 1. The zero-order valence-corrected chi connectivity index (χ0v) is 19.3. The fraction of sp³-hybridized carbons (Fsp3) is 0.222. The summed E-state index contributed by atoms with van der Waals surface area (Å²) in [5, 5.41) is 2.91. The second-order valence-corrected chi connectivity index (χ2v) is 8.23. The fourth-order valence-corrected chi connectivity index (χ4v) is 3.89. The van der Waals surface area contributed by atoms with E-state index < -0.39 is 0 Å². The van der Waals surface area contributed by atoms with Crippen molar-refractivity contribution in [1.29, 1.82) is 0 Å². The molecule has 0 unspecified atom stereocenters. The van der Waals surface area contributed by atoms with Gasteiger partial charge in [0.05, 0.1) is 36.4 Å². The lowest BCUT2D eigenvalue weighted by atomic mass is 10.1. The fourth-order valence-electron chi connectivity index (χ4n) is 3.89. The molecule has 174 valence electrons. The first-order valence-electron chi connectivity index (χ1n) is 11.0. The zero-order chi connectivity index (χ0) is 24.2. The van der Waals surface area contributed by atoms with Gasteiger partial charge in [0.25, 0.3) is 17.7 Å². The molecule has 0 radical (unpaired) electrons. The van der Waals surface area contributed by atoms with Crippen LogP contribution in [0.2, 0.25) is 0 Å². The van der Waals surface area contributed by atoms with Crippen LogP contribution < -0.4 is 14.8 Å². The summed E-state index contributed by atoms with van der Waals surface area (Å²) in [5.41, 5.74) is 2.59. The highest BCUT2D eigenvalue weighted by molar-refractivity contribution is 6.21. The van der Waals surface area contributed by atoms with Crippen molar-refractivity contribution < 1.29 is 23.9 Å². The summed E-state index contributed by atoms with van der Waals surface area (Å²) in [6.45, 7) is 4.22. The minimum atomic E-state index is -0.343. The van der Waals surface area contributed by atoms with Gasteiger partial charge in [0.1, 0.15) is 11.5 Å². The van der Waals surface area contributed by atoms with Crippen LogP contribution >= 0.6 is 0 Å². The topological polar surface area (TPSA) is 84.9 Å². The van der Waals surface area contributed by atoms with Crippen molar-refractivity contribution in [3.05, 3.63) is 94.5 Å². The minimum Gasteiger partial charge on any atom is -0.496 e. The first-order chi connectivity index (χ1) is 16.4. The molecule has 7 heteroatoms. The van der Waals surface area contributed by atoms with E-state index in [4.69, 9.17) is 9.47 Å². The van der Waals surface area contributed by atoms with Crippen molar-refractivity contribution >= 4 is 17.7 Å². The van der Waals surface area contributed by atoms with Crippen LogP contribution in [0.1, 0.15) is 56.0 Å². The number of para-hydroxylation sites is 1. The SMILES string of the molecule is COc1ccc(CN2C(=O)c3ccccc3C2=O)cc1C(=O)NCc1ccccc1OC(C)C. The predicted molar refractivity (Wildman–Crippen MR) is 127 cm³/mol. The summed E-state index contributed by atoms with van der Waals surface area (Å²) in [5.74, 6) is 0.0910. The summed E-state index contributed by atoms with van der Waals surface area (Å²) in [7, 11) is 1.49. The number of hydrogen-bond donors (Lipinski definition) is 1. The van der Waals surface area contributed by atoms with Gasteiger partial charge in [-0.1, -0.05) is 36.4 Å². The molecule has 0 saturated carbocycles. The number of imide groups is 1. The van der Waals surface area contributed by atoms with Crippen LogP contribution in [0.5, 0.6) is 11.5 Å². The third-order valence-electron chi connectivity index (χ3n) is 5.50. The molecule has 0 aliphatic carbocycles. The molecule has 1 N–H and O–H groups in total. The average molecular weight is 459 g/mol. The van der Waals surface area contributed by atoms with E-state index in [1.54, 1.807) is 42.5 Å². The molecule has 34 heavy (non-hydrogen) atoms. The number of carbonyl (C=O) groups is 3. The second kappa shape index (κ2) is 9.79. The van der Waals surface area contributed by atoms with Crippen molar-refractivity contribution in [2.45, 2.75) is 33.0 Å². The Labute approximate surface area is 198 Å². The van der Waals surface area contributed by atoms with Gasteiger partial charge < -0.3 is 14.8 Å². The lowest BCUT2D eigenvalue weighted by Gasteiger charge is -2.17. The monoisotopic (exact) mass is 458 g/mol. The predicted octanol–water partition coefficient (Wildman–Crippen LogP) is 4.21. The van der Waals surface area contributed by atoms with Gasteiger partial charge in [-0.05, 0) is 49.7 Å². The van der Waals surface area contributed by atoms with E-state index in [0.717, 1.165) is 5.56 Å². The van der Waals surface area contributed by atoms with Crippen LogP contribution in [0.3, 0.4) is 0 Å². The second-order valence-electron chi connectivity index (χ2n) is 8.23. The van der Waals surface area contributed by atoms with E-state index in [0.29, 0.717) is 33.8 Å². The highest BCUT2D eigenvalue weighted by Gasteiger charge is 2.35. The molecule has 3 amide bonds. The van der Waals surface area contributed by atoms with Gasteiger partial charge in [0.2, 0.25) is 0 Å². The molecule has 0 aromatic heterocycles. The summed E-state index contributed by atoms with van der Waals surface area (Å²) < 4.78 is 11.2. The van der Waals surface area contributed by atoms with Gasteiger partial charge in [0.15, 0.2) is 0 Å². The molecule has 7 nitrogen and oxygen atoms in total. The van der Waals surface area contributed by atoms with Gasteiger partial charge in [-0.2, -0.15) is 0 Å². The zero-order valence-electron chi connectivity index (χ0n) is 19.3. The maximum Gasteiger partial charge on any atom is 0.261 e. The first-order valence-corrected chi connectivity index (χ1v) is 11.0. The lowest BCUT2D eigenvalue weighted by Crippen LogP contribution is -2.29. The van der Waals surface area contributed by atoms with E-state index in [9.17, 15) is 14.4 Å². The number of carbonyl (C=O) groups excluding carboxylic acids is 3. The smallest absolute Gasteiger partial charge is 0.261 e. The van der Waals surface area contributed by atoms with Gasteiger partial charge in [-0.3, -0.25) is 19.3 Å². The minimum absolute atomic E-state index is 0.00998. The van der Waals surface area contributed by atoms with Crippen molar-refractivity contribution in [3.8, 4) is 11.5 Å². The summed E-state index contributed by atoms with van der Waals surface area (Å²) in [6, 6.07) is 19.3. The molecule has 4 rings (SSSR count). The molecule has 1 aliphatic rings. The van der Waals surface area contributed by atoms with Crippen LogP contribution in [0.25, 0.3) is 0 Å². The quantitative estimate of drug-likeness (QED) is 0.511. The standard InChI is InChI=1S/C27H26N2O5/c1-17(2)34-23-11-7-4-8-19(23)15-28-25(30)22-14-18(12-13-24(22)33-3)16-29-26(31)20-9-5-6-10-21(20)27(29)32/h4-14,17H,15-16H2,1-3H3,(H,28,30). The van der Waals surface area contributed by atoms with Crippen LogP contribution in [0.4, 0.5) is 0 Å². The Hall–Kier alpha value is -4.13. The normalized spacial score (nSPS) is 12.6. The third-order valence-corrected chi connectivity index (χ3v) is 5.50. The van der Waals surface area contributed by atoms with E-state index in [-0.39, 0.29) is 36.9 Å². The van der Waals surface area contributed by atoms with Crippen LogP contribution in [-0.4, -0.2) is 35.8 Å². The van der Waals surface area contributed by atoms with Crippen LogP contribution in [-0.2, 0) is 13.1 Å². The average Bonchev–Trinajstić information content (AvgIpc) is 3.08. The molecule has 0 bridgehead atoms. The molecule has 0 fully saturated rings. The molecular formula is C27H26N2O5. The Morgan fingerprint density at radius 2 is 1.56 bits per heavy atom. The Kier molecular flexibility index (Phi) is 6.63. The lowest BCUT2D eigenvalue weighted by molar-refractivity contribution is 0.0642. The molecule has 1 heterocycles. The molecule has 3 aromatic rings. The van der Waals surface area contributed by atoms with Crippen molar-refractivity contribution in [2.24, 2.45) is 0 Å². The van der Waals surface area contributed by atoms with Crippen LogP contribution in [0.15, 0.2) is 66.7 Å². The van der Waals surface area contributed by atoms with Crippen LogP contribution in [0, 0.1) is 0 Å². The number of methoxy groups -OCH3 is 1. The number of nitrogens with one attached hydrogen (secondary N) is 1. The molecule has 0 atom stereocenters. The Balaban J connectivity index is 1.52. The largest absolute Gasteiger partial charge is 0.496 e. The molecule has 0 spiro atoms. The Morgan fingerprint density at radius 1 is 0.912 bits per heavy atom. The van der Waals surface area contributed by atoms with E-state index in [1.807, 2.05) is 38.1 Å². The number of ether oxygens (including phenoxy) is 2. The van der Waals surface area contributed by atoms with Gasteiger partial charge >= 0.3 is 0 Å². The molecule has 1 aliphatic heterocycles. The Bertz CT molecular complexity index is 1220.